The van der Waals surface area contributed by atoms with Crippen LogP contribution in [0, 0.1) is 0 Å². The van der Waals surface area contributed by atoms with E-state index in [-0.39, 0.29) is 0 Å². The van der Waals surface area contributed by atoms with Gasteiger partial charge in [-0.3, -0.25) is 4.21 Å². The molecular formula is C7H16OS. The van der Waals surface area contributed by atoms with E-state index in [1.165, 1.54) is 0 Å². The molecule has 0 aromatic heterocycles. The highest BCUT2D eigenvalue weighted by molar-refractivity contribution is 7.85. The largest absolute Gasteiger partial charge is 0.259 e. The van der Waals surface area contributed by atoms with Crippen LogP contribution < -0.4 is 0 Å². The molecule has 56 valence electrons. The van der Waals surface area contributed by atoms with Gasteiger partial charge in [0.1, 0.15) is 0 Å². The first-order valence-electron chi connectivity index (χ1n) is 3.55. The van der Waals surface area contributed by atoms with E-state index < -0.39 is 10.8 Å². The average molecular weight is 148 g/mol. The van der Waals surface area contributed by atoms with Crippen LogP contribution in [-0.2, 0) is 10.8 Å². The summed E-state index contributed by atoms with van der Waals surface area (Å²) in [6.07, 6.45) is 2.25. The Morgan fingerprint density at radius 3 is 2.33 bits per heavy atom. The van der Waals surface area contributed by atoms with Crippen LogP contribution in [0.25, 0.3) is 0 Å². The maximum absolute atomic E-state index is 11.0. The molecular weight excluding hydrogens is 132 g/mol. The molecule has 1 atom stereocenters. The van der Waals surface area contributed by atoms with Crippen molar-refractivity contribution in [2.45, 2.75) is 38.9 Å². The summed E-state index contributed by atoms with van der Waals surface area (Å²) in [5.74, 6) is 0.883. The van der Waals surface area contributed by atoms with Gasteiger partial charge in [0, 0.05) is 21.8 Å². The van der Waals surface area contributed by atoms with Crippen molar-refractivity contribution in [3.8, 4) is 0 Å². The molecule has 0 aliphatic heterocycles. The fourth-order valence-corrected chi connectivity index (χ4v) is 1.57. The van der Waals surface area contributed by atoms with Gasteiger partial charge in [-0.2, -0.15) is 0 Å². The second-order valence-electron chi connectivity index (χ2n) is 2.49. The average Bonchev–Trinajstić information content (AvgIpc) is 1.82. The molecule has 0 unspecified atom stereocenters. The molecule has 9 heavy (non-hydrogen) atoms. The van der Waals surface area contributed by atoms with Gasteiger partial charge in [0.15, 0.2) is 0 Å². The molecule has 0 saturated heterocycles. The molecule has 0 rings (SSSR count). The standard InChI is InChI=1S/C7H16OS/c1-4-5-6-9(8)7(2)3/h7H,4-6H2,1-3H3/t9-/m0/s1. The first-order valence-corrected chi connectivity index (χ1v) is 4.93. The van der Waals surface area contributed by atoms with Crippen LogP contribution in [0.1, 0.15) is 33.6 Å². The number of hydrogen-bond acceptors (Lipinski definition) is 1. The second-order valence-corrected chi connectivity index (χ2v) is 4.60. The monoisotopic (exact) mass is 148 g/mol. The third-order valence-electron chi connectivity index (χ3n) is 1.22. The van der Waals surface area contributed by atoms with E-state index in [1.807, 2.05) is 13.8 Å². The van der Waals surface area contributed by atoms with E-state index in [2.05, 4.69) is 6.92 Å². The lowest BCUT2D eigenvalue weighted by Gasteiger charge is -2.02. The van der Waals surface area contributed by atoms with Crippen molar-refractivity contribution >= 4 is 10.8 Å². The highest BCUT2D eigenvalue weighted by Crippen LogP contribution is 1.97. The molecule has 0 heterocycles. The third-order valence-corrected chi connectivity index (χ3v) is 2.97. The maximum Gasteiger partial charge on any atom is 0.0291 e. The zero-order valence-electron chi connectivity index (χ0n) is 6.52. The minimum absolute atomic E-state index is 0.344. The summed E-state index contributed by atoms with van der Waals surface area (Å²) in [4.78, 5) is 0. The Hall–Kier alpha value is 0.150. The molecule has 2 heteroatoms. The topological polar surface area (TPSA) is 17.1 Å². The van der Waals surface area contributed by atoms with Crippen LogP contribution in [0.2, 0.25) is 0 Å². The molecule has 1 nitrogen and oxygen atoms in total. The number of rotatable bonds is 4. The van der Waals surface area contributed by atoms with E-state index in [0.29, 0.717) is 5.25 Å². The van der Waals surface area contributed by atoms with Crippen molar-refractivity contribution in [1.29, 1.82) is 0 Å². The van der Waals surface area contributed by atoms with Gasteiger partial charge in [0.2, 0.25) is 0 Å². The Balaban J connectivity index is 3.28. The van der Waals surface area contributed by atoms with Crippen LogP contribution >= 0.6 is 0 Å². The molecule has 0 spiro atoms. The lowest BCUT2D eigenvalue weighted by molar-refractivity contribution is 0.673. The van der Waals surface area contributed by atoms with Gasteiger partial charge < -0.3 is 0 Å². The Kier molecular flexibility index (Phi) is 5.06. The quantitative estimate of drug-likeness (QED) is 0.595. The van der Waals surface area contributed by atoms with Gasteiger partial charge in [0.25, 0.3) is 0 Å². The predicted octanol–water partition coefficient (Wildman–Crippen LogP) is 1.94. The molecule has 0 aromatic carbocycles. The fraction of sp³-hybridized carbons (Fsp3) is 1.00. The minimum atomic E-state index is -0.572. The van der Waals surface area contributed by atoms with Crippen molar-refractivity contribution in [2.24, 2.45) is 0 Å². The normalized spacial score (nSPS) is 14.2. The van der Waals surface area contributed by atoms with Crippen LogP contribution in [0.15, 0.2) is 0 Å². The first kappa shape index (κ1) is 9.15. The highest BCUT2D eigenvalue weighted by atomic mass is 32.2. The van der Waals surface area contributed by atoms with Crippen LogP contribution in [0.3, 0.4) is 0 Å². The molecule has 0 aliphatic carbocycles. The highest BCUT2D eigenvalue weighted by Gasteiger charge is 2.02. The van der Waals surface area contributed by atoms with Crippen molar-refractivity contribution < 1.29 is 4.21 Å². The molecule has 0 fully saturated rings. The number of hydrogen-bond donors (Lipinski definition) is 0. The van der Waals surface area contributed by atoms with Crippen molar-refractivity contribution in [1.82, 2.24) is 0 Å². The first-order chi connectivity index (χ1) is 4.18. The summed E-state index contributed by atoms with van der Waals surface area (Å²) in [6, 6.07) is 0. The van der Waals surface area contributed by atoms with Crippen molar-refractivity contribution in [3.05, 3.63) is 0 Å². The zero-order chi connectivity index (χ0) is 7.28. The smallest absolute Gasteiger partial charge is 0.0291 e. The zero-order valence-corrected chi connectivity index (χ0v) is 7.33. The Bertz CT molecular complexity index is 88.9. The van der Waals surface area contributed by atoms with E-state index in [4.69, 9.17) is 0 Å². The molecule has 0 N–H and O–H groups in total. The lowest BCUT2D eigenvalue weighted by atomic mass is 10.4. The van der Waals surface area contributed by atoms with Crippen LogP contribution in [-0.4, -0.2) is 15.2 Å². The van der Waals surface area contributed by atoms with E-state index in [1.54, 1.807) is 0 Å². The summed E-state index contributed by atoms with van der Waals surface area (Å²) in [6.45, 7) is 6.13. The lowest BCUT2D eigenvalue weighted by Crippen LogP contribution is -2.08. The van der Waals surface area contributed by atoms with Gasteiger partial charge in [-0.1, -0.05) is 27.2 Å². The summed E-state index contributed by atoms with van der Waals surface area (Å²) in [5, 5.41) is 0.344. The summed E-state index contributed by atoms with van der Waals surface area (Å²) >= 11 is 0. The number of unbranched alkanes of at least 4 members (excludes halogenated alkanes) is 1. The van der Waals surface area contributed by atoms with Crippen LogP contribution in [0.5, 0.6) is 0 Å². The summed E-state index contributed by atoms with van der Waals surface area (Å²) in [7, 11) is -0.572. The molecule has 0 radical (unpaired) electrons. The molecule has 0 aromatic rings. The molecule has 0 aliphatic rings. The van der Waals surface area contributed by atoms with Crippen LogP contribution in [0.4, 0.5) is 0 Å². The molecule has 0 bridgehead atoms. The van der Waals surface area contributed by atoms with Crippen molar-refractivity contribution in [3.63, 3.8) is 0 Å². The second kappa shape index (κ2) is 4.98. The third kappa shape index (κ3) is 4.64. The Morgan fingerprint density at radius 1 is 1.44 bits per heavy atom. The SMILES string of the molecule is CCCC[S@](=O)C(C)C. The minimum Gasteiger partial charge on any atom is -0.259 e. The molecule has 0 saturated carbocycles. The Labute approximate surface area is 60.3 Å². The van der Waals surface area contributed by atoms with E-state index >= 15 is 0 Å². The van der Waals surface area contributed by atoms with E-state index in [0.717, 1.165) is 18.6 Å². The van der Waals surface area contributed by atoms with Gasteiger partial charge in [-0.25, -0.2) is 0 Å². The van der Waals surface area contributed by atoms with Gasteiger partial charge in [-0.15, -0.1) is 0 Å². The maximum atomic E-state index is 11.0. The molecule has 0 amide bonds. The fourth-order valence-electron chi connectivity index (χ4n) is 0.522. The van der Waals surface area contributed by atoms with Gasteiger partial charge >= 0.3 is 0 Å². The Morgan fingerprint density at radius 2 is 2.00 bits per heavy atom. The van der Waals surface area contributed by atoms with Crippen molar-refractivity contribution in [2.75, 3.05) is 5.75 Å². The summed E-state index contributed by atoms with van der Waals surface area (Å²) < 4.78 is 11.0. The summed E-state index contributed by atoms with van der Waals surface area (Å²) in [5.41, 5.74) is 0. The van der Waals surface area contributed by atoms with Gasteiger partial charge in [0.05, 0.1) is 0 Å². The van der Waals surface area contributed by atoms with E-state index in [9.17, 15) is 4.21 Å². The predicted molar refractivity (Wildman–Crippen MR) is 43.1 cm³/mol. The van der Waals surface area contributed by atoms with Gasteiger partial charge in [-0.05, 0) is 6.42 Å².